The van der Waals surface area contributed by atoms with E-state index in [1.165, 1.54) is 0 Å². The van der Waals surface area contributed by atoms with E-state index in [9.17, 15) is 4.79 Å². The Morgan fingerprint density at radius 1 is 1.21 bits per heavy atom. The van der Waals surface area contributed by atoms with Gasteiger partial charge in [0, 0.05) is 23.6 Å². The second kappa shape index (κ2) is 5.74. The van der Waals surface area contributed by atoms with Crippen LogP contribution in [-0.2, 0) is 4.79 Å². The maximum Gasteiger partial charge on any atom is 0.247 e. The first-order valence-electron chi connectivity index (χ1n) is 6.64. The van der Waals surface area contributed by atoms with Crippen LogP contribution in [0.5, 0.6) is 0 Å². The second-order valence-corrected chi connectivity index (χ2v) is 4.39. The van der Waals surface area contributed by atoms with E-state index in [0.717, 1.165) is 34.3 Å². The Morgan fingerprint density at radius 3 is 2.53 bits per heavy atom. The standard InChI is InChI=1S/C16H19NO2/c1-4-12(13(5-2)16(18)17-3)15-10-11-8-6-7-9-14(11)19-15/h6-10H,4-5H2,1-3H3,(H,17,18). The molecular formula is C16H19NO2. The molecule has 0 saturated carbocycles. The first-order chi connectivity index (χ1) is 9.21. The van der Waals surface area contributed by atoms with Gasteiger partial charge >= 0.3 is 0 Å². The summed E-state index contributed by atoms with van der Waals surface area (Å²) in [5.74, 6) is 0.768. The molecule has 3 heteroatoms. The maximum absolute atomic E-state index is 11.9. The molecule has 0 unspecified atom stereocenters. The number of carbonyl (C=O) groups excluding carboxylic acids is 1. The molecule has 0 aliphatic carbocycles. The van der Waals surface area contributed by atoms with E-state index in [2.05, 4.69) is 5.32 Å². The van der Waals surface area contributed by atoms with Crippen molar-refractivity contribution in [3.05, 3.63) is 41.7 Å². The van der Waals surface area contributed by atoms with Gasteiger partial charge in [-0.15, -0.1) is 0 Å². The lowest BCUT2D eigenvalue weighted by Gasteiger charge is -2.09. The average molecular weight is 257 g/mol. The number of likely N-dealkylation sites (N-methyl/N-ethyl adjacent to an activating group) is 1. The third-order valence-electron chi connectivity index (χ3n) is 3.30. The third-order valence-corrected chi connectivity index (χ3v) is 3.30. The minimum Gasteiger partial charge on any atom is -0.456 e. The van der Waals surface area contributed by atoms with E-state index >= 15 is 0 Å². The van der Waals surface area contributed by atoms with E-state index in [0.29, 0.717) is 6.42 Å². The van der Waals surface area contributed by atoms with Crippen molar-refractivity contribution in [2.45, 2.75) is 26.7 Å². The van der Waals surface area contributed by atoms with Crippen molar-refractivity contribution in [3.8, 4) is 0 Å². The molecule has 3 nitrogen and oxygen atoms in total. The van der Waals surface area contributed by atoms with Crippen LogP contribution in [-0.4, -0.2) is 13.0 Å². The Hall–Kier alpha value is -2.03. The van der Waals surface area contributed by atoms with Crippen molar-refractivity contribution in [2.24, 2.45) is 0 Å². The SMILES string of the molecule is CCC(C(=O)NC)=C(CC)c1cc2ccccc2o1. The highest BCUT2D eigenvalue weighted by atomic mass is 16.3. The quantitative estimate of drug-likeness (QED) is 0.847. The maximum atomic E-state index is 11.9. The number of carbonyl (C=O) groups is 1. The van der Waals surface area contributed by atoms with Crippen LogP contribution in [0.1, 0.15) is 32.4 Å². The zero-order valence-corrected chi connectivity index (χ0v) is 11.6. The Labute approximate surface area is 113 Å². The van der Waals surface area contributed by atoms with Crippen molar-refractivity contribution in [2.75, 3.05) is 7.05 Å². The highest BCUT2D eigenvalue weighted by molar-refractivity contribution is 6.01. The van der Waals surface area contributed by atoms with Crippen LogP contribution < -0.4 is 5.32 Å². The number of fused-ring (bicyclic) bond motifs is 1. The molecule has 0 bridgehead atoms. The number of para-hydroxylation sites is 1. The van der Waals surface area contributed by atoms with E-state index in [4.69, 9.17) is 4.42 Å². The molecule has 0 radical (unpaired) electrons. The molecular weight excluding hydrogens is 238 g/mol. The lowest BCUT2D eigenvalue weighted by molar-refractivity contribution is -0.117. The molecule has 2 rings (SSSR count). The van der Waals surface area contributed by atoms with Gasteiger partial charge in [0.15, 0.2) is 0 Å². The molecule has 0 aliphatic heterocycles. The molecule has 0 saturated heterocycles. The molecule has 19 heavy (non-hydrogen) atoms. The average Bonchev–Trinajstić information content (AvgIpc) is 2.87. The molecule has 1 aromatic heterocycles. The van der Waals surface area contributed by atoms with Gasteiger partial charge in [0.25, 0.3) is 0 Å². The molecule has 0 spiro atoms. The fourth-order valence-corrected chi connectivity index (χ4v) is 2.33. The minimum atomic E-state index is -0.0280. The summed E-state index contributed by atoms with van der Waals surface area (Å²) in [6.45, 7) is 4.03. The smallest absolute Gasteiger partial charge is 0.247 e. The number of hydrogen-bond donors (Lipinski definition) is 1. The summed E-state index contributed by atoms with van der Waals surface area (Å²) < 4.78 is 5.86. The molecule has 1 amide bonds. The topological polar surface area (TPSA) is 42.2 Å². The van der Waals surface area contributed by atoms with E-state index in [1.54, 1.807) is 7.05 Å². The summed E-state index contributed by atoms with van der Waals surface area (Å²) >= 11 is 0. The van der Waals surface area contributed by atoms with Crippen molar-refractivity contribution < 1.29 is 9.21 Å². The van der Waals surface area contributed by atoms with Gasteiger partial charge in [-0.2, -0.15) is 0 Å². The molecule has 0 atom stereocenters. The molecule has 1 N–H and O–H groups in total. The van der Waals surface area contributed by atoms with Gasteiger partial charge in [-0.3, -0.25) is 4.79 Å². The van der Waals surface area contributed by atoms with Crippen LogP contribution in [0.3, 0.4) is 0 Å². The van der Waals surface area contributed by atoms with Crippen LogP contribution in [0.15, 0.2) is 40.3 Å². The molecule has 100 valence electrons. The summed E-state index contributed by atoms with van der Waals surface area (Å²) in [4.78, 5) is 11.9. The molecule has 1 heterocycles. The van der Waals surface area contributed by atoms with Gasteiger partial charge in [-0.25, -0.2) is 0 Å². The molecule has 2 aromatic rings. The Bertz CT molecular complexity index is 589. The number of furan rings is 1. The lowest BCUT2D eigenvalue weighted by atomic mass is 10.00. The Kier molecular flexibility index (Phi) is 4.05. The van der Waals surface area contributed by atoms with Gasteiger partial charge in [0.1, 0.15) is 11.3 Å². The highest BCUT2D eigenvalue weighted by Crippen LogP contribution is 2.29. The highest BCUT2D eigenvalue weighted by Gasteiger charge is 2.16. The van der Waals surface area contributed by atoms with E-state index in [-0.39, 0.29) is 5.91 Å². The number of hydrogen-bond acceptors (Lipinski definition) is 2. The number of nitrogens with one attached hydrogen (secondary N) is 1. The zero-order chi connectivity index (χ0) is 13.8. The number of benzene rings is 1. The predicted molar refractivity (Wildman–Crippen MR) is 77.8 cm³/mol. The van der Waals surface area contributed by atoms with Gasteiger partial charge in [-0.05, 0) is 25.0 Å². The fourth-order valence-electron chi connectivity index (χ4n) is 2.33. The van der Waals surface area contributed by atoms with Gasteiger partial charge in [0.05, 0.1) is 0 Å². The number of allylic oxidation sites excluding steroid dienone is 1. The van der Waals surface area contributed by atoms with Crippen molar-refractivity contribution in [1.29, 1.82) is 0 Å². The first kappa shape index (κ1) is 13.4. The Morgan fingerprint density at radius 2 is 1.95 bits per heavy atom. The van der Waals surface area contributed by atoms with Crippen LogP contribution >= 0.6 is 0 Å². The molecule has 0 fully saturated rings. The summed E-state index contributed by atoms with van der Waals surface area (Å²) in [6, 6.07) is 9.90. The van der Waals surface area contributed by atoms with Gasteiger partial charge < -0.3 is 9.73 Å². The largest absolute Gasteiger partial charge is 0.456 e. The third kappa shape index (κ3) is 2.55. The van der Waals surface area contributed by atoms with Crippen molar-refractivity contribution in [3.63, 3.8) is 0 Å². The van der Waals surface area contributed by atoms with Crippen molar-refractivity contribution in [1.82, 2.24) is 5.32 Å². The Balaban J connectivity index is 2.57. The van der Waals surface area contributed by atoms with Crippen LogP contribution in [0.2, 0.25) is 0 Å². The lowest BCUT2D eigenvalue weighted by Crippen LogP contribution is -2.20. The minimum absolute atomic E-state index is 0.0280. The monoisotopic (exact) mass is 257 g/mol. The zero-order valence-electron chi connectivity index (χ0n) is 11.6. The summed E-state index contributed by atoms with van der Waals surface area (Å²) in [7, 11) is 1.66. The predicted octanol–water partition coefficient (Wildman–Crippen LogP) is 3.75. The second-order valence-electron chi connectivity index (χ2n) is 4.39. The number of amides is 1. The van der Waals surface area contributed by atoms with Crippen LogP contribution in [0.25, 0.3) is 16.5 Å². The first-order valence-corrected chi connectivity index (χ1v) is 6.64. The normalized spacial score (nSPS) is 12.4. The summed E-state index contributed by atoms with van der Waals surface area (Å²) in [5, 5.41) is 3.76. The van der Waals surface area contributed by atoms with Crippen LogP contribution in [0.4, 0.5) is 0 Å². The van der Waals surface area contributed by atoms with Crippen molar-refractivity contribution >= 4 is 22.4 Å². The van der Waals surface area contributed by atoms with Gasteiger partial charge in [-0.1, -0.05) is 32.0 Å². The summed E-state index contributed by atoms with van der Waals surface area (Å²) in [5.41, 5.74) is 2.64. The van der Waals surface area contributed by atoms with Crippen LogP contribution in [0, 0.1) is 0 Å². The van der Waals surface area contributed by atoms with E-state index < -0.39 is 0 Å². The summed E-state index contributed by atoms with van der Waals surface area (Å²) in [6.07, 6.45) is 1.47. The number of rotatable bonds is 4. The fraction of sp³-hybridized carbons (Fsp3) is 0.312. The van der Waals surface area contributed by atoms with Gasteiger partial charge in [0.2, 0.25) is 5.91 Å². The molecule has 0 aliphatic rings. The van der Waals surface area contributed by atoms with E-state index in [1.807, 2.05) is 44.2 Å². The molecule has 1 aromatic carbocycles.